The first-order valence-electron chi connectivity index (χ1n) is 9.36. The molecule has 1 saturated heterocycles. The SMILES string of the molecule is COc1ccc(N2C(=O)[C@@H]3[C@@H](N=NN3CC(=O)Nc3ccc(F)cc3F)C2=O)cc1OC. The third kappa shape index (κ3) is 3.59. The lowest BCUT2D eigenvalue weighted by molar-refractivity contribution is -0.123. The second-order valence-corrected chi connectivity index (χ2v) is 6.92. The van der Waals surface area contributed by atoms with E-state index in [-0.39, 0.29) is 11.4 Å². The number of halogens is 2. The van der Waals surface area contributed by atoms with Gasteiger partial charge < -0.3 is 14.8 Å². The molecule has 2 aromatic carbocycles. The molecule has 0 unspecified atom stereocenters. The van der Waals surface area contributed by atoms with Gasteiger partial charge in [0.05, 0.1) is 25.6 Å². The summed E-state index contributed by atoms with van der Waals surface area (Å²) in [6.07, 6.45) is 0. The number of carbonyl (C=O) groups is 3. The molecule has 32 heavy (non-hydrogen) atoms. The molecule has 2 atom stereocenters. The average Bonchev–Trinajstić information content (AvgIpc) is 3.29. The molecule has 1 N–H and O–H groups in total. The number of nitrogens with zero attached hydrogens (tertiary/aromatic N) is 4. The lowest BCUT2D eigenvalue weighted by Gasteiger charge is -2.20. The molecule has 0 radical (unpaired) electrons. The van der Waals surface area contributed by atoms with Crippen LogP contribution in [0.25, 0.3) is 0 Å². The molecule has 166 valence electrons. The summed E-state index contributed by atoms with van der Waals surface area (Å²) in [6.45, 7) is -0.472. The number of amides is 3. The number of rotatable bonds is 6. The Balaban J connectivity index is 1.51. The van der Waals surface area contributed by atoms with E-state index >= 15 is 0 Å². The largest absolute Gasteiger partial charge is 0.493 e. The molecule has 4 rings (SSSR count). The van der Waals surface area contributed by atoms with Gasteiger partial charge in [-0.25, -0.2) is 13.7 Å². The lowest BCUT2D eigenvalue weighted by Crippen LogP contribution is -2.43. The maximum Gasteiger partial charge on any atom is 0.263 e. The van der Waals surface area contributed by atoms with E-state index in [0.717, 1.165) is 22.0 Å². The summed E-state index contributed by atoms with van der Waals surface area (Å²) in [5.41, 5.74) is 0.0184. The average molecular weight is 445 g/mol. The summed E-state index contributed by atoms with van der Waals surface area (Å²) < 4.78 is 37.2. The van der Waals surface area contributed by atoms with Crippen LogP contribution in [0.5, 0.6) is 11.5 Å². The van der Waals surface area contributed by atoms with Crippen LogP contribution in [0.15, 0.2) is 46.7 Å². The van der Waals surface area contributed by atoms with Crippen molar-refractivity contribution < 1.29 is 32.6 Å². The zero-order valence-corrected chi connectivity index (χ0v) is 16.9. The van der Waals surface area contributed by atoms with E-state index in [0.29, 0.717) is 17.6 Å². The molecule has 0 spiro atoms. The molecule has 0 aromatic heterocycles. The van der Waals surface area contributed by atoms with E-state index in [4.69, 9.17) is 9.47 Å². The zero-order chi connectivity index (χ0) is 23.0. The van der Waals surface area contributed by atoms with Crippen molar-refractivity contribution in [1.82, 2.24) is 5.01 Å². The minimum Gasteiger partial charge on any atom is -0.493 e. The van der Waals surface area contributed by atoms with Gasteiger partial charge in [0, 0.05) is 12.1 Å². The molecule has 1 fully saturated rings. The van der Waals surface area contributed by atoms with Crippen LogP contribution in [0.4, 0.5) is 20.2 Å². The first kappa shape index (κ1) is 21.2. The van der Waals surface area contributed by atoms with Crippen LogP contribution >= 0.6 is 0 Å². The fraction of sp³-hybridized carbons (Fsp3) is 0.250. The van der Waals surface area contributed by atoms with Gasteiger partial charge in [-0.1, -0.05) is 5.22 Å². The number of hydrogen-bond acceptors (Lipinski definition) is 8. The predicted molar refractivity (Wildman–Crippen MR) is 106 cm³/mol. The quantitative estimate of drug-likeness (QED) is 0.680. The van der Waals surface area contributed by atoms with Gasteiger partial charge in [0.1, 0.15) is 18.2 Å². The fourth-order valence-electron chi connectivity index (χ4n) is 3.50. The molecule has 2 aromatic rings. The molecule has 2 aliphatic rings. The third-order valence-corrected chi connectivity index (χ3v) is 4.99. The Hall–Kier alpha value is -4.09. The second kappa shape index (κ2) is 8.21. The van der Waals surface area contributed by atoms with Crippen molar-refractivity contribution in [2.75, 3.05) is 31.0 Å². The summed E-state index contributed by atoms with van der Waals surface area (Å²) in [6, 6.07) is 4.98. The number of methoxy groups -OCH3 is 2. The molecule has 0 aliphatic carbocycles. The minimum atomic E-state index is -1.13. The molecular formula is C20H17F2N5O5. The van der Waals surface area contributed by atoms with Crippen molar-refractivity contribution in [3.05, 3.63) is 48.0 Å². The summed E-state index contributed by atoms with van der Waals surface area (Å²) in [4.78, 5) is 39.1. The van der Waals surface area contributed by atoms with Crippen LogP contribution in [0.1, 0.15) is 0 Å². The van der Waals surface area contributed by atoms with Gasteiger partial charge in [-0.15, -0.1) is 0 Å². The predicted octanol–water partition coefficient (Wildman–Crippen LogP) is 1.91. The number of fused-ring (bicyclic) bond motifs is 1. The maximum atomic E-state index is 13.8. The highest BCUT2D eigenvalue weighted by atomic mass is 19.1. The van der Waals surface area contributed by atoms with Crippen LogP contribution < -0.4 is 19.7 Å². The van der Waals surface area contributed by atoms with Gasteiger partial charge in [-0.3, -0.25) is 19.4 Å². The number of ether oxygens (including phenoxy) is 2. The lowest BCUT2D eigenvalue weighted by atomic mass is 10.1. The summed E-state index contributed by atoms with van der Waals surface area (Å²) >= 11 is 0. The van der Waals surface area contributed by atoms with Gasteiger partial charge in [0.2, 0.25) is 5.91 Å². The van der Waals surface area contributed by atoms with E-state index in [2.05, 4.69) is 15.7 Å². The van der Waals surface area contributed by atoms with E-state index in [9.17, 15) is 23.2 Å². The number of benzene rings is 2. The van der Waals surface area contributed by atoms with Crippen LogP contribution in [-0.4, -0.2) is 55.6 Å². The number of nitrogens with one attached hydrogen (secondary N) is 1. The number of carbonyl (C=O) groups excluding carboxylic acids is 3. The van der Waals surface area contributed by atoms with E-state index < -0.39 is 48.0 Å². The topological polar surface area (TPSA) is 113 Å². The third-order valence-electron chi connectivity index (χ3n) is 4.99. The van der Waals surface area contributed by atoms with Gasteiger partial charge in [0.15, 0.2) is 23.6 Å². The smallest absolute Gasteiger partial charge is 0.263 e. The molecule has 0 bridgehead atoms. The number of imide groups is 1. The standard InChI is InChI=1S/C20H17F2N5O5/c1-31-14-6-4-11(8-15(14)32-2)27-19(29)17-18(20(27)30)26(25-24-17)9-16(28)23-13-5-3-10(21)7-12(13)22/h3-8,17-18H,9H2,1-2H3,(H,23,28)/t17-,18+/m1/s1. The molecule has 2 aliphatic heterocycles. The van der Waals surface area contributed by atoms with Crippen LogP contribution in [0.2, 0.25) is 0 Å². The van der Waals surface area contributed by atoms with Crippen molar-refractivity contribution in [2.24, 2.45) is 10.3 Å². The van der Waals surface area contributed by atoms with Gasteiger partial charge >= 0.3 is 0 Å². The Morgan fingerprint density at radius 1 is 1.06 bits per heavy atom. The molecule has 10 nitrogen and oxygen atoms in total. The van der Waals surface area contributed by atoms with Gasteiger partial charge in [0.25, 0.3) is 11.8 Å². The molecule has 0 saturated carbocycles. The van der Waals surface area contributed by atoms with Crippen molar-refractivity contribution in [3.8, 4) is 11.5 Å². The maximum absolute atomic E-state index is 13.8. The van der Waals surface area contributed by atoms with Crippen molar-refractivity contribution in [1.29, 1.82) is 0 Å². The number of anilines is 2. The fourth-order valence-corrected chi connectivity index (χ4v) is 3.50. The summed E-state index contributed by atoms with van der Waals surface area (Å²) in [7, 11) is 2.87. The first-order chi connectivity index (χ1) is 15.3. The monoisotopic (exact) mass is 445 g/mol. The summed E-state index contributed by atoms with van der Waals surface area (Å²) in [5.74, 6) is -2.96. The highest BCUT2D eigenvalue weighted by Crippen LogP contribution is 2.36. The Morgan fingerprint density at radius 2 is 1.81 bits per heavy atom. The highest BCUT2D eigenvalue weighted by Gasteiger charge is 2.55. The Kier molecular flexibility index (Phi) is 5.43. The van der Waals surface area contributed by atoms with Crippen molar-refractivity contribution >= 4 is 29.1 Å². The van der Waals surface area contributed by atoms with Crippen LogP contribution in [0.3, 0.4) is 0 Å². The van der Waals surface area contributed by atoms with Crippen molar-refractivity contribution in [2.45, 2.75) is 12.1 Å². The highest BCUT2D eigenvalue weighted by molar-refractivity contribution is 6.25. The Morgan fingerprint density at radius 3 is 2.50 bits per heavy atom. The molecule has 3 amide bonds. The second-order valence-electron chi connectivity index (χ2n) is 6.92. The Labute approximate surface area is 180 Å². The van der Waals surface area contributed by atoms with E-state index in [1.54, 1.807) is 6.07 Å². The van der Waals surface area contributed by atoms with Gasteiger partial charge in [-0.05, 0) is 24.3 Å². The summed E-state index contributed by atoms with van der Waals surface area (Å²) in [5, 5.41) is 10.9. The first-order valence-corrected chi connectivity index (χ1v) is 9.36. The molecular weight excluding hydrogens is 428 g/mol. The normalized spacial score (nSPS) is 19.4. The molecule has 2 heterocycles. The van der Waals surface area contributed by atoms with Gasteiger partial charge in [-0.2, -0.15) is 5.11 Å². The van der Waals surface area contributed by atoms with Crippen molar-refractivity contribution in [3.63, 3.8) is 0 Å². The Bertz CT molecular complexity index is 1140. The minimum absolute atomic E-state index is 0.232. The van der Waals surface area contributed by atoms with E-state index in [1.165, 1.54) is 26.4 Å². The zero-order valence-electron chi connectivity index (χ0n) is 16.9. The molecule has 12 heteroatoms. The van der Waals surface area contributed by atoms with Crippen LogP contribution in [-0.2, 0) is 14.4 Å². The number of hydrogen-bond donors (Lipinski definition) is 1. The van der Waals surface area contributed by atoms with E-state index in [1.807, 2.05) is 0 Å². The van der Waals surface area contributed by atoms with Crippen LogP contribution in [0, 0.1) is 11.6 Å².